The van der Waals surface area contributed by atoms with Crippen molar-refractivity contribution < 1.29 is 23.9 Å². The first-order chi connectivity index (χ1) is 12.9. The van der Waals surface area contributed by atoms with Crippen LogP contribution < -0.4 is 5.32 Å². The molecule has 144 valence electrons. The van der Waals surface area contributed by atoms with Crippen molar-refractivity contribution in [1.29, 1.82) is 0 Å². The van der Waals surface area contributed by atoms with E-state index in [2.05, 4.69) is 10.1 Å². The van der Waals surface area contributed by atoms with E-state index in [1.54, 1.807) is 9.80 Å². The minimum atomic E-state index is -1.10. The molecule has 1 aliphatic carbocycles. The number of nitrogens with zero attached hydrogens (tertiary/aromatic N) is 2. The van der Waals surface area contributed by atoms with Crippen LogP contribution in [-0.2, 0) is 19.1 Å². The Morgan fingerprint density at radius 1 is 1.19 bits per heavy atom. The number of esters is 1. The van der Waals surface area contributed by atoms with Crippen LogP contribution in [0, 0.1) is 5.41 Å². The first kappa shape index (κ1) is 19.2. The lowest BCUT2D eigenvalue weighted by Crippen LogP contribution is -2.52. The molecule has 1 saturated carbocycles. The monoisotopic (exact) mass is 393 g/mol. The predicted molar refractivity (Wildman–Crippen MR) is 97.3 cm³/mol. The molecule has 0 bridgehead atoms. The molecule has 0 unspecified atom stereocenters. The van der Waals surface area contributed by atoms with Crippen molar-refractivity contribution in [3.8, 4) is 0 Å². The molecule has 3 amide bonds. The molecule has 1 aromatic rings. The summed E-state index contributed by atoms with van der Waals surface area (Å²) in [6, 6.07) is 4.41. The van der Waals surface area contributed by atoms with Crippen molar-refractivity contribution in [2.24, 2.45) is 5.41 Å². The topological polar surface area (TPSA) is 96.0 Å². The number of anilines is 1. The molecule has 8 nitrogen and oxygen atoms in total. The minimum Gasteiger partial charge on any atom is -0.465 e. The van der Waals surface area contributed by atoms with Crippen molar-refractivity contribution in [2.45, 2.75) is 12.8 Å². The molecule has 2 fully saturated rings. The summed E-state index contributed by atoms with van der Waals surface area (Å²) in [4.78, 5) is 51.4. The normalized spacial score (nSPS) is 17.9. The van der Waals surface area contributed by atoms with Crippen molar-refractivity contribution in [1.82, 2.24) is 9.80 Å². The van der Waals surface area contributed by atoms with Crippen LogP contribution in [-0.4, -0.2) is 67.3 Å². The van der Waals surface area contributed by atoms with Gasteiger partial charge in [0.2, 0.25) is 18.2 Å². The molecule has 2 aliphatic rings. The molecule has 3 rings (SSSR count). The standard InChI is InChI=1S/C18H20ClN3O5/c1-27-15(24)12-2-3-13(19)14(10-12)20-16(25)18(4-5-18)17(26)22-8-6-21(11-23)7-9-22/h2-3,10-11H,4-9H2,1H3,(H,20,25). The maximum atomic E-state index is 12.9. The van der Waals surface area contributed by atoms with Gasteiger partial charge in [-0.3, -0.25) is 14.4 Å². The van der Waals surface area contributed by atoms with Gasteiger partial charge in [0.1, 0.15) is 5.41 Å². The van der Waals surface area contributed by atoms with Gasteiger partial charge in [0.25, 0.3) is 0 Å². The molecule has 0 spiro atoms. The Bertz CT molecular complexity index is 785. The van der Waals surface area contributed by atoms with E-state index < -0.39 is 17.3 Å². The number of benzene rings is 1. The first-order valence-corrected chi connectivity index (χ1v) is 8.97. The third kappa shape index (κ3) is 3.75. The van der Waals surface area contributed by atoms with Crippen LogP contribution in [0.15, 0.2) is 18.2 Å². The molecular weight excluding hydrogens is 374 g/mol. The summed E-state index contributed by atoms with van der Waals surface area (Å²) in [5, 5.41) is 2.94. The first-order valence-electron chi connectivity index (χ1n) is 8.59. The number of nitrogens with one attached hydrogen (secondary N) is 1. The summed E-state index contributed by atoms with van der Waals surface area (Å²) < 4.78 is 4.67. The zero-order valence-corrected chi connectivity index (χ0v) is 15.6. The number of piperazine rings is 1. The van der Waals surface area contributed by atoms with E-state index in [1.807, 2.05) is 0 Å². The zero-order chi connectivity index (χ0) is 19.6. The Labute approximate surface area is 161 Å². The highest BCUT2D eigenvalue weighted by atomic mass is 35.5. The molecule has 1 N–H and O–H groups in total. The summed E-state index contributed by atoms with van der Waals surface area (Å²) in [6.07, 6.45) is 1.68. The smallest absolute Gasteiger partial charge is 0.337 e. The third-order valence-corrected chi connectivity index (χ3v) is 5.31. The highest BCUT2D eigenvalue weighted by molar-refractivity contribution is 6.34. The van der Waals surface area contributed by atoms with E-state index in [9.17, 15) is 19.2 Å². The van der Waals surface area contributed by atoms with Crippen LogP contribution in [0.5, 0.6) is 0 Å². The molecule has 0 aromatic heterocycles. The van der Waals surface area contributed by atoms with E-state index in [0.29, 0.717) is 39.0 Å². The van der Waals surface area contributed by atoms with Gasteiger partial charge in [0.15, 0.2) is 0 Å². The molecule has 9 heteroatoms. The predicted octanol–water partition coefficient (Wildman–Crippen LogP) is 1.15. The molecule has 1 heterocycles. The Kier molecular flexibility index (Phi) is 5.36. The number of carbonyl (C=O) groups excluding carboxylic acids is 4. The number of hydrogen-bond acceptors (Lipinski definition) is 5. The fourth-order valence-corrected chi connectivity index (χ4v) is 3.27. The summed E-state index contributed by atoms with van der Waals surface area (Å²) in [7, 11) is 1.26. The molecule has 1 aromatic carbocycles. The number of ether oxygens (including phenoxy) is 1. The van der Waals surface area contributed by atoms with Crippen molar-refractivity contribution in [3.63, 3.8) is 0 Å². The van der Waals surface area contributed by atoms with Crippen LogP contribution in [0.1, 0.15) is 23.2 Å². The van der Waals surface area contributed by atoms with Crippen LogP contribution in [0.4, 0.5) is 5.69 Å². The fraction of sp³-hybridized carbons (Fsp3) is 0.444. The average molecular weight is 394 g/mol. The van der Waals surface area contributed by atoms with Gasteiger partial charge in [-0.15, -0.1) is 0 Å². The molecular formula is C18H20ClN3O5. The van der Waals surface area contributed by atoms with Gasteiger partial charge in [-0.05, 0) is 31.0 Å². The average Bonchev–Trinajstić information content (AvgIpc) is 3.50. The van der Waals surface area contributed by atoms with Gasteiger partial charge in [-0.2, -0.15) is 0 Å². The number of carbonyl (C=O) groups is 4. The number of amides is 3. The lowest BCUT2D eigenvalue weighted by molar-refractivity contribution is -0.144. The third-order valence-electron chi connectivity index (χ3n) is 4.98. The van der Waals surface area contributed by atoms with Crippen LogP contribution in [0.25, 0.3) is 0 Å². The Hall–Kier alpha value is -2.61. The molecule has 1 saturated heterocycles. The summed E-state index contributed by atoms with van der Waals surface area (Å²) in [6.45, 7) is 1.73. The van der Waals surface area contributed by atoms with E-state index >= 15 is 0 Å². The van der Waals surface area contributed by atoms with E-state index in [-0.39, 0.29) is 22.2 Å². The van der Waals surface area contributed by atoms with E-state index in [4.69, 9.17) is 11.6 Å². The van der Waals surface area contributed by atoms with E-state index in [1.165, 1.54) is 25.3 Å². The largest absolute Gasteiger partial charge is 0.465 e. The van der Waals surface area contributed by atoms with Gasteiger partial charge >= 0.3 is 5.97 Å². The van der Waals surface area contributed by atoms with Crippen LogP contribution in [0.2, 0.25) is 5.02 Å². The Morgan fingerprint density at radius 3 is 2.41 bits per heavy atom. The zero-order valence-electron chi connectivity index (χ0n) is 14.9. The second-order valence-electron chi connectivity index (χ2n) is 6.66. The molecule has 27 heavy (non-hydrogen) atoms. The number of hydrogen-bond donors (Lipinski definition) is 1. The second-order valence-corrected chi connectivity index (χ2v) is 7.06. The van der Waals surface area contributed by atoms with Crippen molar-refractivity contribution >= 4 is 41.5 Å². The molecule has 0 atom stereocenters. The highest BCUT2D eigenvalue weighted by Gasteiger charge is 2.58. The molecule has 1 aliphatic heterocycles. The van der Waals surface area contributed by atoms with Crippen LogP contribution in [0.3, 0.4) is 0 Å². The van der Waals surface area contributed by atoms with Crippen LogP contribution >= 0.6 is 11.6 Å². The summed E-state index contributed by atoms with van der Waals surface area (Å²) >= 11 is 6.12. The SMILES string of the molecule is COC(=O)c1ccc(Cl)c(NC(=O)C2(C(=O)N3CCN(C=O)CC3)CC2)c1. The highest BCUT2D eigenvalue weighted by Crippen LogP contribution is 2.48. The maximum absolute atomic E-state index is 12.9. The van der Waals surface area contributed by atoms with Gasteiger partial charge in [0, 0.05) is 26.2 Å². The Balaban J connectivity index is 1.71. The molecule has 0 radical (unpaired) electrons. The second kappa shape index (κ2) is 7.56. The maximum Gasteiger partial charge on any atom is 0.337 e. The van der Waals surface area contributed by atoms with Gasteiger partial charge in [-0.1, -0.05) is 11.6 Å². The van der Waals surface area contributed by atoms with Crippen molar-refractivity contribution in [2.75, 3.05) is 38.6 Å². The lowest BCUT2D eigenvalue weighted by atomic mass is 10.0. The summed E-state index contributed by atoms with van der Waals surface area (Å²) in [5.41, 5.74) is -0.596. The van der Waals surface area contributed by atoms with E-state index in [0.717, 1.165) is 6.41 Å². The van der Waals surface area contributed by atoms with Gasteiger partial charge in [0.05, 0.1) is 23.4 Å². The van der Waals surface area contributed by atoms with Gasteiger partial charge in [-0.25, -0.2) is 4.79 Å². The number of rotatable bonds is 5. The van der Waals surface area contributed by atoms with Gasteiger partial charge < -0.3 is 19.9 Å². The lowest BCUT2D eigenvalue weighted by Gasteiger charge is -2.34. The Morgan fingerprint density at radius 2 is 1.85 bits per heavy atom. The van der Waals surface area contributed by atoms with Crippen molar-refractivity contribution in [3.05, 3.63) is 28.8 Å². The summed E-state index contributed by atoms with van der Waals surface area (Å²) in [5.74, 6) is -1.22. The quantitative estimate of drug-likeness (QED) is 0.460. The minimum absolute atomic E-state index is 0.231. The number of halogens is 1. The number of methoxy groups -OCH3 is 1. The fourth-order valence-electron chi connectivity index (χ4n) is 3.10.